The maximum Gasteiger partial charge on any atom is 0.362 e. The molecule has 0 heterocycles. The summed E-state index contributed by atoms with van der Waals surface area (Å²) in [5, 5.41) is 11.2. The van der Waals surface area contributed by atoms with Gasteiger partial charge in [0.1, 0.15) is 0 Å². The molecular formula is C10H11NO4. The molecule has 0 fully saturated rings. The highest BCUT2D eigenvalue weighted by Gasteiger charge is 2.40. The van der Waals surface area contributed by atoms with E-state index in [4.69, 9.17) is 9.84 Å². The van der Waals surface area contributed by atoms with Crippen LogP contribution in [0.5, 0.6) is 0 Å². The molecule has 1 unspecified atom stereocenters. The van der Waals surface area contributed by atoms with Crippen LogP contribution in [0.25, 0.3) is 0 Å². The lowest BCUT2D eigenvalue weighted by atomic mass is 10.0. The molecule has 1 atom stereocenters. The Morgan fingerprint density at radius 2 is 2.07 bits per heavy atom. The lowest BCUT2D eigenvalue weighted by Gasteiger charge is -2.27. The van der Waals surface area contributed by atoms with Crippen LogP contribution in [-0.4, -0.2) is 24.6 Å². The normalized spacial score (nSPS) is 13.9. The van der Waals surface area contributed by atoms with Crippen LogP contribution in [0.15, 0.2) is 30.3 Å². The molecule has 1 aromatic rings. The standard InChI is InChI=1S/C10H11NO4/c1-15-10(9(13)14,11-7-12)8-5-3-2-4-6-8/h2-7H,1H3,(H,11,12)(H,13,14). The van der Waals surface area contributed by atoms with E-state index in [2.05, 4.69) is 5.32 Å². The van der Waals surface area contributed by atoms with E-state index in [0.29, 0.717) is 12.0 Å². The van der Waals surface area contributed by atoms with Crippen LogP contribution in [0, 0.1) is 0 Å². The van der Waals surface area contributed by atoms with Crippen molar-refractivity contribution in [2.75, 3.05) is 7.11 Å². The molecule has 15 heavy (non-hydrogen) atoms. The summed E-state index contributed by atoms with van der Waals surface area (Å²) < 4.78 is 4.88. The lowest BCUT2D eigenvalue weighted by Crippen LogP contribution is -2.50. The van der Waals surface area contributed by atoms with Gasteiger partial charge in [-0.25, -0.2) is 4.79 Å². The monoisotopic (exact) mass is 209 g/mol. The van der Waals surface area contributed by atoms with Gasteiger partial charge in [0, 0.05) is 12.7 Å². The van der Waals surface area contributed by atoms with Crippen molar-refractivity contribution in [3.8, 4) is 0 Å². The molecule has 0 saturated heterocycles. The fraction of sp³-hybridized carbons (Fsp3) is 0.200. The van der Waals surface area contributed by atoms with Crippen molar-refractivity contribution in [3.63, 3.8) is 0 Å². The summed E-state index contributed by atoms with van der Waals surface area (Å²) in [7, 11) is 1.22. The van der Waals surface area contributed by atoms with Crippen molar-refractivity contribution >= 4 is 12.4 Å². The average molecular weight is 209 g/mol. The zero-order valence-electron chi connectivity index (χ0n) is 8.14. The van der Waals surface area contributed by atoms with E-state index in [1.807, 2.05) is 0 Å². The van der Waals surface area contributed by atoms with Crippen molar-refractivity contribution in [2.45, 2.75) is 5.72 Å². The van der Waals surface area contributed by atoms with Gasteiger partial charge < -0.3 is 15.2 Å². The van der Waals surface area contributed by atoms with Crippen LogP contribution in [0.4, 0.5) is 0 Å². The Balaban J connectivity index is 3.21. The van der Waals surface area contributed by atoms with Gasteiger partial charge in [0.15, 0.2) is 0 Å². The van der Waals surface area contributed by atoms with Crippen LogP contribution in [0.1, 0.15) is 5.56 Å². The summed E-state index contributed by atoms with van der Waals surface area (Å²) >= 11 is 0. The van der Waals surface area contributed by atoms with Crippen LogP contribution in [0.2, 0.25) is 0 Å². The molecule has 0 aliphatic rings. The van der Waals surface area contributed by atoms with Gasteiger partial charge in [-0.05, 0) is 0 Å². The SMILES string of the molecule is COC(NC=O)(C(=O)O)c1ccccc1. The lowest BCUT2D eigenvalue weighted by molar-refractivity contribution is -0.170. The second-order valence-corrected chi connectivity index (χ2v) is 2.82. The highest BCUT2D eigenvalue weighted by atomic mass is 16.5. The van der Waals surface area contributed by atoms with E-state index in [1.165, 1.54) is 7.11 Å². The van der Waals surface area contributed by atoms with Crippen LogP contribution in [-0.2, 0) is 20.1 Å². The fourth-order valence-corrected chi connectivity index (χ4v) is 1.29. The van der Waals surface area contributed by atoms with E-state index in [1.54, 1.807) is 30.3 Å². The van der Waals surface area contributed by atoms with Crippen molar-refractivity contribution in [3.05, 3.63) is 35.9 Å². The quantitative estimate of drug-likeness (QED) is 0.540. The smallest absolute Gasteiger partial charge is 0.362 e. The van der Waals surface area contributed by atoms with Gasteiger partial charge in [-0.15, -0.1) is 0 Å². The number of hydrogen-bond acceptors (Lipinski definition) is 3. The van der Waals surface area contributed by atoms with Gasteiger partial charge in [0.25, 0.3) is 5.72 Å². The highest BCUT2D eigenvalue weighted by molar-refractivity contribution is 5.81. The molecule has 0 saturated carbocycles. The van der Waals surface area contributed by atoms with Gasteiger partial charge >= 0.3 is 5.97 Å². The number of aliphatic carboxylic acids is 1. The highest BCUT2D eigenvalue weighted by Crippen LogP contribution is 2.21. The first-order chi connectivity index (χ1) is 7.17. The fourth-order valence-electron chi connectivity index (χ4n) is 1.29. The molecule has 1 aromatic carbocycles. The van der Waals surface area contributed by atoms with E-state index in [-0.39, 0.29) is 0 Å². The summed E-state index contributed by atoms with van der Waals surface area (Å²) in [6.07, 6.45) is 0.296. The Bertz CT molecular complexity index is 352. The maximum atomic E-state index is 11.1. The number of hydrogen-bond donors (Lipinski definition) is 2. The van der Waals surface area contributed by atoms with E-state index in [0.717, 1.165) is 0 Å². The van der Waals surface area contributed by atoms with Crippen LogP contribution >= 0.6 is 0 Å². The Labute approximate surface area is 86.7 Å². The molecular weight excluding hydrogens is 198 g/mol. The summed E-state index contributed by atoms with van der Waals surface area (Å²) in [5.74, 6) is -1.27. The van der Waals surface area contributed by atoms with Gasteiger partial charge in [0.05, 0.1) is 0 Å². The molecule has 0 bridgehead atoms. The Hall–Kier alpha value is -1.88. The predicted molar refractivity (Wildman–Crippen MR) is 52.0 cm³/mol. The topological polar surface area (TPSA) is 75.6 Å². The number of carboxylic acids is 1. The first kappa shape index (κ1) is 11.2. The van der Waals surface area contributed by atoms with Crippen LogP contribution in [0.3, 0.4) is 0 Å². The van der Waals surface area contributed by atoms with Crippen molar-refractivity contribution in [1.29, 1.82) is 0 Å². The molecule has 1 amide bonds. The summed E-state index contributed by atoms with van der Waals surface area (Å²) in [5.41, 5.74) is -1.46. The number of carbonyl (C=O) groups is 2. The minimum absolute atomic E-state index is 0.296. The summed E-state index contributed by atoms with van der Waals surface area (Å²) in [6.45, 7) is 0. The third kappa shape index (κ3) is 1.97. The molecule has 5 heteroatoms. The Kier molecular flexibility index (Phi) is 3.41. The van der Waals surface area contributed by atoms with E-state index >= 15 is 0 Å². The van der Waals surface area contributed by atoms with E-state index < -0.39 is 11.7 Å². The second kappa shape index (κ2) is 4.56. The number of benzene rings is 1. The summed E-state index contributed by atoms with van der Waals surface area (Å²) in [6, 6.07) is 8.20. The molecule has 0 aromatic heterocycles. The molecule has 0 aliphatic carbocycles. The van der Waals surface area contributed by atoms with Crippen molar-refractivity contribution < 1.29 is 19.4 Å². The molecule has 0 aliphatic heterocycles. The number of ether oxygens (including phenoxy) is 1. The number of methoxy groups -OCH3 is 1. The number of carboxylic acid groups (broad SMARTS) is 1. The van der Waals surface area contributed by atoms with Crippen molar-refractivity contribution in [1.82, 2.24) is 5.32 Å². The first-order valence-corrected chi connectivity index (χ1v) is 4.23. The van der Waals surface area contributed by atoms with Gasteiger partial charge in [-0.2, -0.15) is 0 Å². The van der Waals surface area contributed by atoms with Gasteiger partial charge in [-0.3, -0.25) is 4.79 Å². The molecule has 0 radical (unpaired) electrons. The Morgan fingerprint density at radius 3 is 2.47 bits per heavy atom. The molecule has 80 valence electrons. The predicted octanol–water partition coefficient (Wildman–Crippen LogP) is 0.316. The molecule has 1 rings (SSSR count). The minimum atomic E-state index is -1.82. The zero-order chi connectivity index (χ0) is 11.3. The number of carbonyl (C=O) groups excluding carboxylic acids is 1. The number of nitrogens with one attached hydrogen (secondary N) is 1. The van der Waals surface area contributed by atoms with Gasteiger partial charge in [-0.1, -0.05) is 30.3 Å². The summed E-state index contributed by atoms with van der Waals surface area (Å²) in [4.78, 5) is 21.5. The maximum absolute atomic E-state index is 11.1. The third-order valence-corrected chi connectivity index (χ3v) is 2.05. The number of rotatable bonds is 5. The first-order valence-electron chi connectivity index (χ1n) is 4.23. The molecule has 5 nitrogen and oxygen atoms in total. The Morgan fingerprint density at radius 1 is 1.47 bits per heavy atom. The average Bonchev–Trinajstić information content (AvgIpc) is 2.26. The third-order valence-electron chi connectivity index (χ3n) is 2.05. The van der Waals surface area contributed by atoms with Crippen LogP contribution < -0.4 is 5.32 Å². The van der Waals surface area contributed by atoms with Gasteiger partial charge in [0.2, 0.25) is 6.41 Å². The minimum Gasteiger partial charge on any atom is -0.477 e. The van der Waals surface area contributed by atoms with Crippen molar-refractivity contribution in [2.24, 2.45) is 0 Å². The molecule has 2 N–H and O–H groups in total. The zero-order valence-corrected chi connectivity index (χ0v) is 8.14. The van der Waals surface area contributed by atoms with E-state index in [9.17, 15) is 9.59 Å². The molecule has 0 spiro atoms. The number of amides is 1. The second-order valence-electron chi connectivity index (χ2n) is 2.82. The largest absolute Gasteiger partial charge is 0.477 e.